The van der Waals surface area contributed by atoms with Crippen LogP contribution in [-0.4, -0.2) is 6.54 Å². The van der Waals surface area contributed by atoms with E-state index >= 15 is 0 Å². The van der Waals surface area contributed by atoms with Gasteiger partial charge in [0, 0.05) is 16.5 Å². The molecule has 0 spiro atoms. The van der Waals surface area contributed by atoms with Crippen LogP contribution in [0.15, 0.2) is 32.5 Å². The maximum atomic E-state index is 14.1. The van der Waals surface area contributed by atoms with Crippen molar-refractivity contribution in [1.82, 2.24) is 5.32 Å². The lowest BCUT2D eigenvalue weighted by Gasteiger charge is -2.18. The molecule has 2 rings (SSSR count). The molecule has 0 radical (unpaired) electrons. The van der Waals surface area contributed by atoms with Gasteiger partial charge in [-0.2, -0.15) is 0 Å². The number of benzene rings is 1. The van der Waals surface area contributed by atoms with Gasteiger partial charge in [-0.1, -0.05) is 6.92 Å². The van der Waals surface area contributed by atoms with Gasteiger partial charge in [-0.3, -0.25) is 0 Å². The molecular weight excluding hydrogens is 424 g/mol. The summed E-state index contributed by atoms with van der Waals surface area (Å²) < 4.78 is 29.4. The first-order valence-electron chi connectivity index (χ1n) is 6.64. The van der Waals surface area contributed by atoms with Crippen LogP contribution in [0.5, 0.6) is 0 Å². The van der Waals surface area contributed by atoms with Crippen LogP contribution in [-0.2, 0) is 6.42 Å². The van der Waals surface area contributed by atoms with Crippen molar-refractivity contribution in [3.8, 4) is 0 Å². The van der Waals surface area contributed by atoms with Crippen molar-refractivity contribution in [1.29, 1.82) is 0 Å². The summed E-state index contributed by atoms with van der Waals surface area (Å²) in [5.74, 6) is -1.02. The van der Waals surface area contributed by atoms with Crippen molar-refractivity contribution in [3.05, 3.63) is 54.6 Å². The molecule has 0 aliphatic heterocycles. The zero-order valence-corrected chi connectivity index (χ0v) is 15.4. The monoisotopic (exact) mass is 437 g/mol. The van der Waals surface area contributed by atoms with Gasteiger partial charge < -0.3 is 5.32 Å². The Kier molecular flexibility index (Phi) is 6.34. The van der Waals surface area contributed by atoms with Gasteiger partial charge in [0.25, 0.3) is 0 Å². The lowest BCUT2D eigenvalue weighted by Crippen LogP contribution is -2.24. The fourth-order valence-electron chi connectivity index (χ4n) is 2.07. The van der Waals surface area contributed by atoms with Crippen molar-refractivity contribution in [2.75, 3.05) is 6.54 Å². The van der Waals surface area contributed by atoms with Gasteiger partial charge in [0.15, 0.2) is 0 Å². The first-order valence-corrected chi connectivity index (χ1v) is 9.04. The Morgan fingerprint density at radius 1 is 1.19 bits per heavy atom. The molecule has 1 aromatic carbocycles. The Morgan fingerprint density at radius 3 is 2.57 bits per heavy atom. The zero-order chi connectivity index (χ0) is 15.4. The minimum absolute atomic E-state index is 0.0976. The Hall–Kier alpha value is -0.300. The van der Waals surface area contributed by atoms with E-state index < -0.39 is 11.6 Å². The highest BCUT2D eigenvalue weighted by Gasteiger charge is 2.20. The van der Waals surface area contributed by atoms with Gasteiger partial charge in [0.1, 0.15) is 11.6 Å². The van der Waals surface area contributed by atoms with E-state index in [-0.39, 0.29) is 18.0 Å². The highest BCUT2D eigenvalue weighted by atomic mass is 79.9. The second-order valence-corrected chi connectivity index (χ2v) is 8.02. The number of hydrogen-bond donors (Lipinski definition) is 1. The molecule has 1 nitrogen and oxygen atoms in total. The fourth-order valence-corrected chi connectivity index (χ4v) is 3.94. The summed E-state index contributed by atoms with van der Waals surface area (Å²) in [6.45, 7) is 2.87. The van der Waals surface area contributed by atoms with E-state index in [1.807, 2.05) is 12.1 Å². The number of thiophene rings is 1. The SMILES string of the molecule is CCCNC(Cc1c(F)ccc(Br)c1F)c1ccc(Br)s1. The third-order valence-electron chi connectivity index (χ3n) is 3.13. The van der Waals surface area contributed by atoms with Crippen LogP contribution in [0.1, 0.15) is 29.8 Å². The summed E-state index contributed by atoms with van der Waals surface area (Å²) in [6, 6.07) is 6.53. The van der Waals surface area contributed by atoms with Crippen LogP contribution < -0.4 is 5.32 Å². The van der Waals surface area contributed by atoms with Crippen LogP contribution in [0.2, 0.25) is 0 Å². The van der Waals surface area contributed by atoms with E-state index in [4.69, 9.17) is 0 Å². The van der Waals surface area contributed by atoms with E-state index in [9.17, 15) is 8.78 Å². The Balaban J connectivity index is 2.29. The first-order chi connectivity index (χ1) is 10.0. The number of nitrogens with one attached hydrogen (secondary N) is 1. The second-order valence-electron chi connectivity index (χ2n) is 4.67. The molecule has 2 aromatic rings. The quantitative estimate of drug-likeness (QED) is 0.559. The second kappa shape index (κ2) is 7.81. The molecule has 1 atom stereocenters. The van der Waals surface area contributed by atoms with Crippen molar-refractivity contribution in [2.45, 2.75) is 25.8 Å². The normalized spacial score (nSPS) is 12.6. The summed E-state index contributed by atoms with van der Waals surface area (Å²) >= 11 is 8.12. The minimum atomic E-state index is -0.520. The molecule has 0 saturated carbocycles. The van der Waals surface area contributed by atoms with Crippen LogP contribution in [0.25, 0.3) is 0 Å². The average molecular weight is 439 g/mol. The molecule has 0 bridgehead atoms. The van der Waals surface area contributed by atoms with Gasteiger partial charge in [-0.15, -0.1) is 11.3 Å². The maximum Gasteiger partial charge on any atom is 0.143 e. The molecule has 0 aliphatic carbocycles. The summed E-state index contributed by atoms with van der Waals surface area (Å²) in [7, 11) is 0. The molecule has 0 fully saturated rings. The number of halogens is 4. The van der Waals surface area contributed by atoms with Crippen molar-refractivity contribution in [3.63, 3.8) is 0 Å². The van der Waals surface area contributed by atoms with E-state index in [0.29, 0.717) is 4.47 Å². The molecule has 1 unspecified atom stereocenters. The molecule has 1 aromatic heterocycles. The lowest BCUT2D eigenvalue weighted by atomic mass is 10.0. The standard InChI is InChI=1S/C15H15Br2F2NS/c1-2-7-20-12(13-5-6-14(17)21-13)8-9-11(18)4-3-10(16)15(9)19/h3-6,12,20H,2,7-8H2,1H3. The summed E-state index contributed by atoms with van der Waals surface area (Å²) in [5, 5.41) is 3.36. The smallest absolute Gasteiger partial charge is 0.143 e. The lowest BCUT2D eigenvalue weighted by molar-refractivity contribution is 0.492. The topological polar surface area (TPSA) is 12.0 Å². The van der Waals surface area contributed by atoms with Gasteiger partial charge in [-0.05, 0) is 75.5 Å². The van der Waals surface area contributed by atoms with E-state index in [1.54, 1.807) is 11.3 Å². The molecule has 114 valence electrons. The van der Waals surface area contributed by atoms with Crippen LogP contribution in [0.4, 0.5) is 8.78 Å². The number of rotatable bonds is 6. The van der Waals surface area contributed by atoms with E-state index in [2.05, 4.69) is 44.1 Å². The molecule has 0 aliphatic rings. The maximum absolute atomic E-state index is 14.1. The zero-order valence-electron chi connectivity index (χ0n) is 11.4. The predicted molar refractivity (Wildman–Crippen MR) is 90.8 cm³/mol. The Morgan fingerprint density at radius 2 is 1.95 bits per heavy atom. The molecular formula is C15H15Br2F2NS. The van der Waals surface area contributed by atoms with Crippen LogP contribution in [0, 0.1) is 11.6 Å². The van der Waals surface area contributed by atoms with Crippen molar-refractivity contribution >= 4 is 43.2 Å². The van der Waals surface area contributed by atoms with Gasteiger partial charge in [0.05, 0.1) is 8.26 Å². The van der Waals surface area contributed by atoms with Crippen LogP contribution in [0.3, 0.4) is 0 Å². The third kappa shape index (κ3) is 4.34. The highest BCUT2D eigenvalue weighted by molar-refractivity contribution is 9.11. The predicted octanol–water partition coefficient (Wildman–Crippen LogP) is 5.83. The van der Waals surface area contributed by atoms with Gasteiger partial charge >= 0.3 is 0 Å². The summed E-state index contributed by atoms with van der Waals surface area (Å²) in [5.41, 5.74) is 0.113. The van der Waals surface area contributed by atoms with E-state index in [0.717, 1.165) is 21.6 Å². The average Bonchev–Trinajstić information content (AvgIpc) is 2.89. The largest absolute Gasteiger partial charge is 0.309 e. The molecule has 21 heavy (non-hydrogen) atoms. The molecule has 1 N–H and O–H groups in total. The van der Waals surface area contributed by atoms with Gasteiger partial charge in [0.2, 0.25) is 0 Å². The fraction of sp³-hybridized carbons (Fsp3) is 0.333. The summed E-state index contributed by atoms with van der Waals surface area (Å²) in [4.78, 5) is 1.06. The van der Waals surface area contributed by atoms with Gasteiger partial charge in [-0.25, -0.2) is 8.78 Å². The number of hydrogen-bond acceptors (Lipinski definition) is 2. The molecule has 6 heteroatoms. The molecule has 0 amide bonds. The Labute approximate surface area is 144 Å². The third-order valence-corrected chi connectivity index (χ3v) is 5.48. The van der Waals surface area contributed by atoms with Crippen molar-refractivity contribution < 1.29 is 8.78 Å². The Bertz CT molecular complexity index is 616. The summed E-state index contributed by atoms with van der Waals surface area (Å²) in [6.07, 6.45) is 1.25. The minimum Gasteiger partial charge on any atom is -0.309 e. The van der Waals surface area contributed by atoms with Crippen molar-refractivity contribution in [2.24, 2.45) is 0 Å². The molecule has 0 saturated heterocycles. The highest BCUT2D eigenvalue weighted by Crippen LogP contribution is 2.31. The van der Waals surface area contributed by atoms with Crippen LogP contribution >= 0.6 is 43.2 Å². The molecule has 1 heterocycles. The first kappa shape index (κ1) is 17.1. The van der Waals surface area contributed by atoms with E-state index in [1.165, 1.54) is 12.1 Å².